The van der Waals surface area contributed by atoms with Gasteiger partial charge in [-0.3, -0.25) is 4.79 Å². The van der Waals surface area contributed by atoms with Crippen LogP contribution in [0.4, 0.5) is 0 Å². The van der Waals surface area contributed by atoms with E-state index in [1.807, 2.05) is 19.1 Å². The van der Waals surface area contributed by atoms with Crippen LogP contribution in [0, 0.1) is 0 Å². The molecule has 0 atom stereocenters. The molecule has 0 aliphatic heterocycles. The van der Waals surface area contributed by atoms with Gasteiger partial charge in [0.25, 0.3) is 5.91 Å². The van der Waals surface area contributed by atoms with Crippen LogP contribution >= 0.6 is 11.3 Å². The molecule has 0 unspecified atom stereocenters. The third kappa shape index (κ3) is 4.29. The molecule has 0 aliphatic rings. The summed E-state index contributed by atoms with van der Waals surface area (Å²) in [6.07, 6.45) is 0. The van der Waals surface area contributed by atoms with E-state index in [4.69, 9.17) is 4.74 Å². The third-order valence-electron chi connectivity index (χ3n) is 3.03. The number of carbonyl (C=O) groups excluding carboxylic acids is 1. The van der Waals surface area contributed by atoms with Crippen LogP contribution in [-0.2, 0) is 6.61 Å². The minimum atomic E-state index is -0.138. The van der Waals surface area contributed by atoms with Gasteiger partial charge < -0.3 is 10.1 Å². The molecule has 1 aromatic carbocycles. The summed E-state index contributed by atoms with van der Waals surface area (Å²) in [5.41, 5.74) is 1.74. The van der Waals surface area contributed by atoms with Crippen molar-refractivity contribution in [3.63, 3.8) is 0 Å². The Labute approximate surface area is 129 Å². The zero-order valence-corrected chi connectivity index (χ0v) is 13.4. The number of rotatable bonds is 6. The van der Waals surface area contributed by atoms with Gasteiger partial charge in [-0.05, 0) is 30.5 Å². The van der Waals surface area contributed by atoms with E-state index < -0.39 is 0 Å². The summed E-state index contributed by atoms with van der Waals surface area (Å²) < 4.78 is 5.70. The van der Waals surface area contributed by atoms with Crippen molar-refractivity contribution in [2.24, 2.45) is 0 Å². The first-order chi connectivity index (χ1) is 10.1. The van der Waals surface area contributed by atoms with E-state index in [-0.39, 0.29) is 5.91 Å². The molecular formula is C16H20N2O2S. The Morgan fingerprint density at radius 3 is 2.67 bits per heavy atom. The van der Waals surface area contributed by atoms with Crippen molar-refractivity contribution >= 4 is 17.2 Å². The van der Waals surface area contributed by atoms with Gasteiger partial charge in [0.05, 0.1) is 0 Å². The van der Waals surface area contributed by atoms with Crippen molar-refractivity contribution in [3.8, 4) is 5.75 Å². The number of nitrogens with zero attached hydrogens (tertiary/aromatic N) is 1. The number of benzene rings is 1. The quantitative estimate of drug-likeness (QED) is 0.887. The Balaban J connectivity index is 1.92. The van der Waals surface area contributed by atoms with Gasteiger partial charge in [0, 0.05) is 11.9 Å². The highest BCUT2D eigenvalue weighted by molar-refractivity contribution is 7.09. The number of amides is 1. The molecule has 1 heterocycles. The molecule has 5 heteroatoms. The smallest absolute Gasteiger partial charge is 0.270 e. The summed E-state index contributed by atoms with van der Waals surface area (Å²) in [5, 5.41) is 5.28. The van der Waals surface area contributed by atoms with Crippen LogP contribution in [0.3, 0.4) is 0 Å². The topological polar surface area (TPSA) is 51.2 Å². The summed E-state index contributed by atoms with van der Waals surface area (Å²) in [5.74, 6) is 1.19. The molecule has 0 aliphatic carbocycles. The van der Waals surface area contributed by atoms with Crippen molar-refractivity contribution < 1.29 is 9.53 Å². The number of hydrogen-bond acceptors (Lipinski definition) is 4. The molecule has 4 nitrogen and oxygen atoms in total. The average molecular weight is 304 g/mol. The maximum absolute atomic E-state index is 11.6. The van der Waals surface area contributed by atoms with Crippen LogP contribution < -0.4 is 10.1 Å². The van der Waals surface area contributed by atoms with E-state index in [9.17, 15) is 4.79 Å². The van der Waals surface area contributed by atoms with Crippen LogP contribution in [-0.4, -0.2) is 17.4 Å². The van der Waals surface area contributed by atoms with Gasteiger partial charge in [-0.2, -0.15) is 0 Å². The molecule has 1 N–H and O–H groups in total. The van der Waals surface area contributed by atoms with Gasteiger partial charge in [0.15, 0.2) is 0 Å². The van der Waals surface area contributed by atoms with Crippen molar-refractivity contribution in [2.75, 3.05) is 6.54 Å². The van der Waals surface area contributed by atoms with Gasteiger partial charge in [-0.25, -0.2) is 4.98 Å². The predicted molar refractivity (Wildman–Crippen MR) is 85.0 cm³/mol. The highest BCUT2D eigenvalue weighted by atomic mass is 32.1. The number of thiazole rings is 1. The van der Waals surface area contributed by atoms with Crippen molar-refractivity contribution in [2.45, 2.75) is 33.3 Å². The van der Waals surface area contributed by atoms with Crippen LogP contribution in [0.15, 0.2) is 29.6 Å². The maximum Gasteiger partial charge on any atom is 0.270 e. The highest BCUT2D eigenvalue weighted by Crippen LogP contribution is 2.20. The van der Waals surface area contributed by atoms with E-state index in [0.717, 1.165) is 10.8 Å². The zero-order chi connectivity index (χ0) is 15.2. The molecule has 1 amide bonds. The highest BCUT2D eigenvalue weighted by Gasteiger charge is 2.10. The van der Waals surface area contributed by atoms with Crippen molar-refractivity contribution in [1.82, 2.24) is 10.3 Å². The molecular weight excluding hydrogens is 284 g/mol. The van der Waals surface area contributed by atoms with Crippen LogP contribution in [0.1, 0.15) is 47.7 Å². The lowest BCUT2D eigenvalue weighted by molar-refractivity contribution is 0.0951. The number of aromatic nitrogens is 1. The fraction of sp³-hybridized carbons (Fsp3) is 0.375. The summed E-state index contributed by atoms with van der Waals surface area (Å²) in [6, 6.07) is 8.07. The summed E-state index contributed by atoms with van der Waals surface area (Å²) >= 11 is 1.43. The van der Waals surface area contributed by atoms with E-state index in [1.54, 1.807) is 5.38 Å². The molecule has 2 aromatic rings. The second kappa shape index (κ2) is 7.22. The molecule has 21 heavy (non-hydrogen) atoms. The zero-order valence-electron chi connectivity index (χ0n) is 12.6. The van der Waals surface area contributed by atoms with Crippen LogP contribution in [0.5, 0.6) is 5.75 Å². The Morgan fingerprint density at radius 2 is 2.05 bits per heavy atom. The molecule has 112 valence electrons. The first-order valence-electron chi connectivity index (χ1n) is 7.05. The minimum absolute atomic E-state index is 0.138. The molecule has 2 rings (SSSR count). The van der Waals surface area contributed by atoms with Crippen LogP contribution in [0.2, 0.25) is 0 Å². The predicted octanol–water partition coefficient (Wildman–Crippen LogP) is 3.60. The fourth-order valence-electron chi connectivity index (χ4n) is 1.83. The number of carbonyl (C=O) groups is 1. The van der Waals surface area contributed by atoms with Gasteiger partial charge in [-0.15, -0.1) is 11.3 Å². The number of ether oxygens (including phenoxy) is 1. The van der Waals surface area contributed by atoms with E-state index in [0.29, 0.717) is 24.8 Å². The number of nitrogens with one attached hydrogen (secondary N) is 1. The Hall–Kier alpha value is -1.88. The van der Waals surface area contributed by atoms with Crippen LogP contribution in [0.25, 0.3) is 0 Å². The van der Waals surface area contributed by atoms with E-state index in [2.05, 4.69) is 36.3 Å². The van der Waals surface area contributed by atoms with Gasteiger partial charge in [-0.1, -0.05) is 26.0 Å². The van der Waals surface area contributed by atoms with Gasteiger partial charge in [0.2, 0.25) is 0 Å². The number of hydrogen-bond donors (Lipinski definition) is 1. The Morgan fingerprint density at radius 1 is 1.33 bits per heavy atom. The fourth-order valence-corrected chi connectivity index (χ4v) is 2.51. The first kappa shape index (κ1) is 15.5. The van der Waals surface area contributed by atoms with Gasteiger partial charge in [0.1, 0.15) is 23.1 Å². The standard InChI is InChI=1S/C16H20N2O2S/c1-4-17-16(19)14-10-21-15(18-14)9-20-13-7-5-12(6-8-13)11(2)3/h5-8,10-11H,4,9H2,1-3H3,(H,17,19). The molecule has 0 saturated heterocycles. The minimum Gasteiger partial charge on any atom is -0.486 e. The lowest BCUT2D eigenvalue weighted by atomic mass is 10.0. The van der Waals surface area contributed by atoms with E-state index >= 15 is 0 Å². The lowest BCUT2D eigenvalue weighted by Crippen LogP contribution is -2.22. The lowest BCUT2D eigenvalue weighted by Gasteiger charge is -2.07. The normalized spacial score (nSPS) is 10.7. The van der Waals surface area contributed by atoms with Crippen molar-refractivity contribution in [1.29, 1.82) is 0 Å². The Kier molecular flexibility index (Phi) is 5.33. The molecule has 0 radical (unpaired) electrons. The monoisotopic (exact) mass is 304 g/mol. The molecule has 1 aromatic heterocycles. The van der Waals surface area contributed by atoms with Crippen molar-refractivity contribution in [3.05, 3.63) is 45.9 Å². The molecule has 0 fully saturated rings. The summed E-state index contributed by atoms with van der Waals surface area (Å²) in [6.45, 7) is 7.19. The molecule has 0 saturated carbocycles. The first-order valence-corrected chi connectivity index (χ1v) is 7.93. The largest absolute Gasteiger partial charge is 0.486 e. The molecule has 0 bridgehead atoms. The summed E-state index contributed by atoms with van der Waals surface area (Å²) in [4.78, 5) is 15.9. The van der Waals surface area contributed by atoms with E-state index in [1.165, 1.54) is 16.9 Å². The average Bonchev–Trinajstić information content (AvgIpc) is 2.95. The van der Waals surface area contributed by atoms with Gasteiger partial charge >= 0.3 is 0 Å². The Bertz CT molecular complexity index is 591. The second-order valence-electron chi connectivity index (χ2n) is 5.00. The second-order valence-corrected chi connectivity index (χ2v) is 5.94. The summed E-state index contributed by atoms with van der Waals surface area (Å²) in [7, 11) is 0. The SMILES string of the molecule is CCNC(=O)c1csc(COc2ccc(C(C)C)cc2)n1. The third-order valence-corrected chi connectivity index (χ3v) is 3.85. The maximum atomic E-state index is 11.6. The molecule has 0 spiro atoms.